The quantitative estimate of drug-likeness (QED) is 0.549. The van der Waals surface area contributed by atoms with Crippen LogP contribution in [0, 0.1) is 0 Å². The second kappa shape index (κ2) is 7.19. The molecular formula is C17H16ClN5O2S. The van der Waals surface area contributed by atoms with Crippen molar-refractivity contribution in [2.75, 3.05) is 10.6 Å². The molecule has 1 aliphatic heterocycles. The lowest BCUT2D eigenvalue weighted by molar-refractivity contribution is -0.116. The average Bonchev–Trinajstić information content (AvgIpc) is 3.32. The van der Waals surface area contributed by atoms with Gasteiger partial charge < -0.3 is 21.4 Å². The fourth-order valence-corrected chi connectivity index (χ4v) is 3.52. The summed E-state index contributed by atoms with van der Waals surface area (Å²) < 4.78 is 0. The van der Waals surface area contributed by atoms with E-state index in [2.05, 4.69) is 20.6 Å². The summed E-state index contributed by atoms with van der Waals surface area (Å²) in [7, 11) is 0. The van der Waals surface area contributed by atoms with E-state index in [0.29, 0.717) is 22.9 Å². The van der Waals surface area contributed by atoms with Crippen LogP contribution in [0.25, 0.3) is 11.3 Å². The first-order chi connectivity index (χ1) is 12.1. The first-order valence-corrected chi connectivity index (χ1v) is 8.57. The van der Waals surface area contributed by atoms with Crippen LogP contribution < -0.4 is 16.4 Å². The van der Waals surface area contributed by atoms with Gasteiger partial charge in [0.15, 0.2) is 5.13 Å². The van der Waals surface area contributed by atoms with E-state index < -0.39 is 5.91 Å². The number of thiazole rings is 1. The molecule has 0 unspecified atom stereocenters. The molecule has 0 radical (unpaired) electrons. The Morgan fingerprint density at radius 2 is 2.12 bits per heavy atom. The van der Waals surface area contributed by atoms with Gasteiger partial charge in [0.25, 0.3) is 5.91 Å². The zero-order valence-corrected chi connectivity index (χ0v) is 15.1. The van der Waals surface area contributed by atoms with Crippen molar-refractivity contribution in [1.29, 1.82) is 0 Å². The summed E-state index contributed by atoms with van der Waals surface area (Å²) in [4.78, 5) is 30.8. The predicted octanol–water partition coefficient (Wildman–Crippen LogP) is 2.63. The number of aromatic nitrogens is 2. The number of nitrogens with zero attached hydrogens (tertiary/aromatic N) is 1. The van der Waals surface area contributed by atoms with Gasteiger partial charge in [0, 0.05) is 29.2 Å². The summed E-state index contributed by atoms with van der Waals surface area (Å²) >= 11 is 1.33. The van der Waals surface area contributed by atoms with Crippen molar-refractivity contribution in [3.63, 3.8) is 0 Å². The van der Waals surface area contributed by atoms with E-state index in [1.165, 1.54) is 11.3 Å². The van der Waals surface area contributed by atoms with Crippen LogP contribution in [-0.2, 0) is 11.2 Å². The van der Waals surface area contributed by atoms with E-state index in [1.54, 1.807) is 12.3 Å². The molecule has 3 heterocycles. The van der Waals surface area contributed by atoms with Gasteiger partial charge >= 0.3 is 0 Å². The Balaban J connectivity index is 0.00000196. The van der Waals surface area contributed by atoms with Crippen molar-refractivity contribution >= 4 is 46.4 Å². The number of aromatic amines is 1. The topological polar surface area (TPSA) is 113 Å². The number of fused-ring (bicyclic) bond motifs is 1. The van der Waals surface area contributed by atoms with Crippen LogP contribution in [0.15, 0.2) is 41.9 Å². The molecule has 1 atom stereocenters. The third kappa shape index (κ3) is 3.42. The van der Waals surface area contributed by atoms with Crippen LogP contribution in [-0.4, -0.2) is 27.8 Å². The predicted molar refractivity (Wildman–Crippen MR) is 104 cm³/mol. The number of hydrogen-bond donors (Lipinski definition) is 4. The molecule has 1 aliphatic rings. The monoisotopic (exact) mass is 389 g/mol. The number of para-hydroxylation sites is 1. The van der Waals surface area contributed by atoms with Crippen LogP contribution in [0.1, 0.15) is 16.1 Å². The maximum Gasteiger partial charge on any atom is 0.265 e. The van der Waals surface area contributed by atoms with Gasteiger partial charge in [-0.3, -0.25) is 9.59 Å². The summed E-state index contributed by atoms with van der Waals surface area (Å²) in [5.74, 6) is -0.647. The van der Waals surface area contributed by atoms with E-state index in [0.717, 1.165) is 16.8 Å². The second-order valence-corrected chi connectivity index (χ2v) is 6.61. The van der Waals surface area contributed by atoms with Gasteiger partial charge in [0.2, 0.25) is 5.91 Å². The summed E-state index contributed by atoms with van der Waals surface area (Å²) in [6.45, 7) is 0. The summed E-state index contributed by atoms with van der Waals surface area (Å²) in [6, 6.07) is 9.21. The van der Waals surface area contributed by atoms with E-state index >= 15 is 0 Å². The molecule has 0 aliphatic carbocycles. The standard InChI is InChI=1S/C17H15N5O2S.ClH/c18-15(23)12-6-10(7-19-12)14-8-25-17(21-14)22-16(24)13-5-9-3-1-2-4-11(9)20-13;/h1-4,6-8,13,19-20H,5H2,(H2,18,23)(H,21,22,24);1H/t13-;/m0./s1. The fraction of sp³-hybridized carbons (Fsp3) is 0.118. The maximum atomic E-state index is 12.4. The molecule has 4 rings (SSSR count). The van der Waals surface area contributed by atoms with Crippen molar-refractivity contribution in [2.45, 2.75) is 12.5 Å². The Bertz CT molecular complexity index is 942. The summed E-state index contributed by atoms with van der Waals surface area (Å²) in [5.41, 5.74) is 9.10. The van der Waals surface area contributed by atoms with Crippen LogP contribution in [0.2, 0.25) is 0 Å². The van der Waals surface area contributed by atoms with Crippen molar-refractivity contribution in [3.05, 3.63) is 53.2 Å². The minimum atomic E-state index is -0.526. The molecule has 5 N–H and O–H groups in total. The summed E-state index contributed by atoms with van der Waals surface area (Å²) in [5, 5.41) is 8.39. The number of carbonyl (C=O) groups is 2. The molecule has 3 aromatic rings. The van der Waals surface area contributed by atoms with Gasteiger partial charge in [-0.05, 0) is 17.7 Å². The summed E-state index contributed by atoms with van der Waals surface area (Å²) in [6.07, 6.45) is 2.32. The van der Waals surface area contributed by atoms with Crippen LogP contribution >= 0.6 is 23.7 Å². The normalized spacial score (nSPS) is 14.8. The lowest BCUT2D eigenvalue weighted by Gasteiger charge is -2.09. The first kappa shape index (κ1) is 18.0. The Hall–Kier alpha value is -2.84. The molecule has 0 saturated carbocycles. The van der Waals surface area contributed by atoms with Gasteiger partial charge in [0.1, 0.15) is 11.7 Å². The number of halogens is 1. The number of nitrogens with one attached hydrogen (secondary N) is 3. The number of nitrogens with two attached hydrogens (primary N) is 1. The Morgan fingerprint density at radius 3 is 2.85 bits per heavy atom. The third-order valence-electron chi connectivity index (χ3n) is 4.07. The minimum Gasteiger partial charge on any atom is -0.373 e. The first-order valence-electron chi connectivity index (χ1n) is 7.69. The molecule has 0 spiro atoms. The average molecular weight is 390 g/mol. The molecule has 2 amide bonds. The molecule has 0 saturated heterocycles. The van der Waals surface area contributed by atoms with Crippen LogP contribution in [0.5, 0.6) is 0 Å². The molecule has 9 heteroatoms. The second-order valence-electron chi connectivity index (χ2n) is 5.75. The highest BCUT2D eigenvalue weighted by Gasteiger charge is 2.26. The van der Waals surface area contributed by atoms with E-state index in [4.69, 9.17) is 5.73 Å². The fourth-order valence-electron chi connectivity index (χ4n) is 2.80. The van der Waals surface area contributed by atoms with Gasteiger partial charge in [-0.2, -0.15) is 0 Å². The molecule has 134 valence electrons. The number of hydrogen-bond acceptors (Lipinski definition) is 5. The number of H-pyrrole nitrogens is 1. The molecule has 0 fully saturated rings. The van der Waals surface area contributed by atoms with Crippen molar-refractivity contribution in [3.8, 4) is 11.3 Å². The Labute approximate surface area is 159 Å². The number of primary amides is 1. The smallest absolute Gasteiger partial charge is 0.265 e. The van der Waals surface area contributed by atoms with Gasteiger partial charge in [-0.15, -0.1) is 23.7 Å². The van der Waals surface area contributed by atoms with Crippen molar-refractivity contribution < 1.29 is 9.59 Å². The lowest BCUT2D eigenvalue weighted by Crippen LogP contribution is -2.32. The number of benzene rings is 1. The van der Waals surface area contributed by atoms with Gasteiger partial charge in [0.05, 0.1) is 5.69 Å². The highest BCUT2D eigenvalue weighted by molar-refractivity contribution is 7.14. The zero-order valence-electron chi connectivity index (χ0n) is 13.5. The van der Waals surface area contributed by atoms with Gasteiger partial charge in [-0.1, -0.05) is 18.2 Å². The molecule has 1 aromatic carbocycles. The third-order valence-corrected chi connectivity index (χ3v) is 4.82. The maximum absolute atomic E-state index is 12.4. The molecule has 26 heavy (non-hydrogen) atoms. The Kier molecular flexibility index (Phi) is 4.97. The number of carbonyl (C=O) groups excluding carboxylic acids is 2. The highest BCUT2D eigenvalue weighted by Crippen LogP contribution is 2.28. The lowest BCUT2D eigenvalue weighted by atomic mass is 10.1. The Morgan fingerprint density at radius 1 is 1.31 bits per heavy atom. The number of amides is 2. The zero-order chi connectivity index (χ0) is 17.4. The molecular weight excluding hydrogens is 374 g/mol. The largest absolute Gasteiger partial charge is 0.373 e. The SMILES string of the molecule is Cl.NC(=O)c1cc(-c2csc(NC(=O)[C@@H]3Cc4ccccc4N3)n2)c[nH]1. The van der Waals surface area contributed by atoms with Gasteiger partial charge in [-0.25, -0.2) is 4.98 Å². The van der Waals surface area contributed by atoms with E-state index in [1.807, 2.05) is 29.6 Å². The number of anilines is 2. The molecule has 0 bridgehead atoms. The van der Waals surface area contributed by atoms with E-state index in [9.17, 15) is 9.59 Å². The molecule has 7 nitrogen and oxygen atoms in total. The number of rotatable bonds is 4. The van der Waals surface area contributed by atoms with E-state index in [-0.39, 0.29) is 24.4 Å². The molecule has 2 aromatic heterocycles. The van der Waals surface area contributed by atoms with Crippen LogP contribution in [0.4, 0.5) is 10.8 Å². The highest BCUT2D eigenvalue weighted by atomic mass is 35.5. The van der Waals surface area contributed by atoms with Crippen LogP contribution in [0.3, 0.4) is 0 Å². The minimum absolute atomic E-state index is 0. The van der Waals surface area contributed by atoms with Crippen molar-refractivity contribution in [2.24, 2.45) is 5.73 Å². The van der Waals surface area contributed by atoms with Crippen molar-refractivity contribution in [1.82, 2.24) is 9.97 Å².